The van der Waals surface area contributed by atoms with Crippen molar-refractivity contribution in [3.8, 4) is 0 Å². The molecule has 9 heteroatoms. The van der Waals surface area contributed by atoms with Crippen LogP contribution in [0, 0.1) is 0 Å². The molecular formula is C22H21ClN4O4. The Morgan fingerprint density at radius 3 is 2.58 bits per heavy atom. The minimum atomic E-state index is -0.481. The number of nitrogens with one attached hydrogen (secondary N) is 1. The van der Waals surface area contributed by atoms with Crippen LogP contribution in [0.5, 0.6) is 0 Å². The van der Waals surface area contributed by atoms with E-state index in [1.165, 1.54) is 7.11 Å². The van der Waals surface area contributed by atoms with Gasteiger partial charge in [0.25, 0.3) is 11.5 Å². The van der Waals surface area contributed by atoms with Crippen LogP contribution >= 0.6 is 11.6 Å². The third-order valence-corrected chi connectivity index (χ3v) is 5.52. The van der Waals surface area contributed by atoms with Crippen molar-refractivity contribution in [2.24, 2.45) is 0 Å². The van der Waals surface area contributed by atoms with E-state index in [4.69, 9.17) is 16.3 Å². The molecule has 0 aliphatic carbocycles. The van der Waals surface area contributed by atoms with Crippen LogP contribution in [-0.4, -0.2) is 64.9 Å². The molecule has 0 bridgehead atoms. The second kappa shape index (κ2) is 8.87. The lowest BCUT2D eigenvalue weighted by Crippen LogP contribution is -2.48. The Kier molecular flexibility index (Phi) is 6.01. The molecule has 4 rings (SSSR count). The van der Waals surface area contributed by atoms with Gasteiger partial charge >= 0.3 is 5.97 Å². The zero-order chi connectivity index (χ0) is 22.0. The molecule has 0 spiro atoms. The zero-order valence-electron chi connectivity index (χ0n) is 16.9. The predicted octanol–water partition coefficient (Wildman–Crippen LogP) is 2.32. The van der Waals surface area contributed by atoms with Gasteiger partial charge in [0.1, 0.15) is 5.82 Å². The summed E-state index contributed by atoms with van der Waals surface area (Å²) in [6.45, 7) is 2.87. The number of halogens is 1. The molecule has 0 atom stereocenters. The van der Waals surface area contributed by atoms with E-state index in [1.54, 1.807) is 47.4 Å². The number of H-pyrrole nitrogens is 1. The molecule has 8 nitrogen and oxygen atoms in total. The van der Waals surface area contributed by atoms with E-state index in [2.05, 4.69) is 14.9 Å². The molecule has 0 unspecified atom stereocenters. The summed E-state index contributed by atoms with van der Waals surface area (Å²) in [6, 6.07) is 11.6. The van der Waals surface area contributed by atoms with Crippen LogP contribution in [0.4, 0.5) is 0 Å². The van der Waals surface area contributed by atoms with Crippen molar-refractivity contribution in [1.82, 2.24) is 19.8 Å². The molecule has 1 fully saturated rings. The lowest BCUT2D eigenvalue weighted by Gasteiger charge is -2.34. The van der Waals surface area contributed by atoms with E-state index in [1.807, 2.05) is 0 Å². The van der Waals surface area contributed by atoms with Crippen LogP contribution in [0.2, 0.25) is 5.02 Å². The number of rotatable bonds is 4. The maximum absolute atomic E-state index is 12.7. The number of carbonyl (C=O) groups excluding carboxylic acids is 2. The van der Waals surface area contributed by atoms with E-state index in [0.717, 1.165) is 0 Å². The van der Waals surface area contributed by atoms with Gasteiger partial charge in [0.05, 0.1) is 30.1 Å². The van der Waals surface area contributed by atoms with E-state index < -0.39 is 5.97 Å². The summed E-state index contributed by atoms with van der Waals surface area (Å²) in [5.74, 6) is -0.0186. The van der Waals surface area contributed by atoms with Crippen molar-refractivity contribution in [2.45, 2.75) is 6.54 Å². The number of esters is 1. The highest BCUT2D eigenvalue weighted by molar-refractivity contribution is 6.30. The fourth-order valence-corrected chi connectivity index (χ4v) is 3.82. The topological polar surface area (TPSA) is 95.6 Å². The van der Waals surface area contributed by atoms with E-state index in [9.17, 15) is 14.4 Å². The minimum absolute atomic E-state index is 0.0465. The number of hydrogen-bond donors (Lipinski definition) is 1. The number of aromatic nitrogens is 2. The number of fused-ring (bicyclic) bond motifs is 1. The predicted molar refractivity (Wildman–Crippen MR) is 116 cm³/mol. The molecule has 0 saturated carbocycles. The second-order valence-corrected chi connectivity index (χ2v) is 7.75. The minimum Gasteiger partial charge on any atom is -0.465 e. The molecule has 160 valence electrons. The van der Waals surface area contributed by atoms with Crippen molar-refractivity contribution < 1.29 is 14.3 Å². The van der Waals surface area contributed by atoms with Gasteiger partial charge in [-0.05, 0) is 36.4 Å². The van der Waals surface area contributed by atoms with Crippen molar-refractivity contribution in [2.75, 3.05) is 33.3 Å². The van der Waals surface area contributed by atoms with E-state index in [-0.39, 0.29) is 11.5 Å². The van der Waals surface area contributed by atoms with Gasteiger partial charge < -0.3 is 14.6 Å². The number of amides is 1. The summed E-state index contributed by atoms with van der Waals surface area (Å²) in [5, 5.41) is 0.944. The average molecular weight is 441 g/mol. The summed E-state index contributed by atoms with van der Waals surface area (Å²) in [7, 11) is 1.31. The third-order valence-electron chi connectivity index (χ3n) is 5.28. The highest BCUT2D eigenvalue weighted by Crippen LogP contribution is 2.16. The summed E-state index contributed by atoms with van der Waals surface area (Å²) in [5.41, 5.74) is 1.10. The summed E-state index contributed by atoms with van der Waals surface area (Å²) < 4.78 is 4.73. The highest BCUT2D eigenvalue weighted by Gasteiger charge is 2.23. The fraction of sp³-hybridized carbons (Fsp3) is 0.273. The van der Waals surface area contributed by atoms with Crippen molar-refractivity contribution in [3.63, 3.8) is 0 Å². The summed E-state index contributed by atoms with van der Waals surface area (Å²) in [6.07, 6.45) is 0. The van der Waals surface area contributed by atoms with Crippen molar-refractivity contribution in [3.05, 3.63) is 74.8 Å². The standard InChI is InChI=1S/C22H21ClN4O4/c1-31-22(30)15-5-6-17-18(12-15)24-19(25-20(17)28)13-26-7-9-27(10-8-26)21(29)14-3-2-4-16(23)11-14/h2-6,11-12H,7-10,13H2,1H3,(H,24,25,28). The van der Waals surface area contributed by atoms with E-state index >= 15 is 0 Å². The monoisotopic (exact) mass is 440 g/mol. The Hall–Kier alpha value is -3.23. The first-order valence-corrected chi connectivity index (χ1v) is 10.2. The van der Waals surface area contributed by atoms with Gasteiger partial charge in [0.15, 0.2) is 0 Å². The Labute approximate surface area is 183 Å². The number of benzene rings is 2. The molecule has 0 radical (unpaired) electrons. The van der Waals surface area contributed by atoms with Gasteiger partial charge in [-0.2, -0.15) is 0 Å². The molecule has 1 aromatic heterocycles. The molecule has 1 aliphatic heterocycles. The van der Waals surface area contributed by atoms with Crippen LogP contribution in [0.3, 0.4) is 0 Å². The largest absolute Gasteiger partial charge is 0.465 e. The van der Waals surface area contributed by atoms with E-state index in [0.29, 0.717) is 65.6 Å². The van der Waals surface area contributed by atoms with Crippen molar-refractivity contribution in [1.29, 1.82) is 0 Å². The molecule has 1 amide bonds. The number of hydrogen-bond acceptors (Lipinski definition) is 6. The number of piperazine rings is 1. The third kappa shape index (κ3) is 4.60. The van der Waals surface area contributed by atoms with Crippen LogP contribution in [-0.2, 0) is 11.3 Å². The Morgan fingerprint density at radius 2 is 1.87 bits per heavy atom. The average Bonchev–Trinajstić information content (AvgIpc) is 2.78. The molecule has 2 aromatic carbocycles. The van der Waals surface area contributed by atoms with Gasteiger partial charge in [0.2, 0.25) is 0 Å². The lowest BCUT2D eigenvalue weighted by atomic mass is 10.1. The first-order chi connectivity index (χ1) is 14.9. The lowest BCUT2D eigenvalue weighted by molar-refractivity contribution is 0.0598. The van der Waals surface area contributed by atoms with Crippen LogP contribution < -0.4 is 5.56 Å². The summed E-state index contributed by atoms with van der Waals surface area (Å²) in [4.78, 5) is 48.1. The molecule has 1 N–H and O–H groups in total. The number of ether oxygens (including phenoxy) is 1. The molecule has 1 aliphatic rings. The first kappa shape index (κ1) is 21.0. The number of nitrogens with zero attached hydrogens (tertiary/aromatic N) is 3. The molecule has 31 heavy (non-hydrogen) atoms. The smallest absolute Gasteiger partial charge is 0.337 e. The molecular weight excluding hydrogens is 420 g/mol. The number of aromatic amines is 1. The van der Waals surface area contributed by atoms with Gasteiger partial charge in [-0.25, -0.2) is 9.78 Å². The number of carbonyl (C=O) groups is 2. The van der Waals surface area contributed by atoms with Gasteiger partial charge in [0, 0.05) is 36.8 Å². The Morgan fingerprint density at radius 1 is 1.10 bits per heavy atom. The fourth-order valence-electron chi connectivity index (χ4n) is 3.63. The maximum Gasteiger partial charge on any atom is 0.337 e. The van der Waals surface area contributed by atoms with Crippen LogP contribution in [0.1, 0.15) is 26.5 Å². The molecule has 2 heterocycles. The Bertz CT molecular complexity index is 1200. The quantitative estimate of drug-likeness (QED) is 0.625. The van der Waals surface area contributed by atoms with Gasteiger partial charge in [-0.1, -0.05) is 17.7 Å². The normalized spacial score (nSPS) is 14.6. The van der Waals surface area contributed by atoms with Crippen LogP contribution in [0.15, 0.2) is 47.3 Å². The van der Waals surface area contributed by atoms with Gasteiger partial charge in [-0.15, -0.1) is 0 Å². The Balaban J connectivity index is 1.45. The molecule has 1 saturated heterocycles. The maximum atomic E-state index is 12.7. The summed E-state index contributed by atoms with van der Waals surface area (Å²) >= 11 is 5.99. The van der Waals surface area contributed by atoms with Crippen molar-refractivity contribution >= 4 is 34.4 Å². The first-order valence-electron chi connectivity index (χ1n) is 9.83. The second-order valence-electron chi connectivity index (χ2n) is 7.31. The van der Waals surface area contributed by atoms with Gasteiger partial charge in [-0.3, -0.25) is 14.5 Å². The van der Waals surface area contributed by atoms with Crippen LogP contribution in [0.25, 0.3) is 10.9 Å². The SMILES string of the molecule is COC(=O)c1ccc2c(=O)[nH]c(CN3CCN(C(=O)c4cccc(Cl)c4)CC3)nc2c1. The zero-order valence-corrected chi connectivity index (χ0v) is 17.7. The molecule has 3 aromatic rings. The highest BCUT2D eigenvalue weighted by atomic mass is 35.5. The number of methoxy groups -OCH3 is 1.